The molecule has 0 aliphatic carbocycles. The molecule has 0 aliphatic heterocycles. The third-order valence-corrected chi connectivity index (χ3v) is 4.65. The van der Waals surface area contributed by atoms with Gasteiger partial charge >= 0.3 is 0 Å². The van der Waals surface area contributed by atoms with Gasteiger partial charge in [-0.05, 0) is 24.5 Å². The van der Waals surface area contributed by atoms with Crippen LogP contribution in [0.5, 0.6) is 0 Å². The summed E-state index contributed by atoms with van der Waals surface area (Å²) in [5.74, 6) is 0. The first-order valence-electron chi connectivity index (χ1n) is 6.69. The highest BCUT2D eigenvalue weighted by atomic mass is 35.5. The van der Waals surface area contributed by atoms with Gasteiger partial charge in [0.2, 0.25) is 0 Å². The van der Waals surface area contributed by atoms with Gasteiger partial charge in [-0.25, -0.2) is 0 Å². The maximum Gasteiger partial charge on any atom is 0.199 e. The molecule has 2 heterocycles. The number of hydrogen-bond acceptors (Lipinski definition) is 5. The zero-order chi connectivity index (χ0) is 16.4. The Morgan fingerprint density at radius 2 is 1.91 bits per heavy atom. The van der Waals surface area contributed by atoms with Crippen LogP contribution in [0.15, 0.2) is 52.3 Å². The molecule has 0 saturated carbocycles. The highest BCUT2D eigenvalue weighted by Crippen LogP contribution is 2.42. The summed E-state index contributed by atoms with van der Waals surface area (Å²) >= 11 is 13.9. The Kier molecular flexibility index (Phi) is 4.92. The summed E-state index contributed by atoms with van der Waals surface area (Å²) in [6, 6.07) is 8.73. The summed E-state index contributed by atoms with van der Waals surface area (Å²) in [7, 11) is 0. The summed E-state index contributed by atoms with van der Waals surface area (Å²) in [5.41, 5.74) is 2.13. The third-order valence-electron chi connectivity index (χ3n) is 3.35. The fraction of sp³-hybridized carbons (Fsp3) is 0.125. The number of halogens is 2. The van der Waals surface area contributed by atoms with Crippen LogP contribution in [0, 0.1) is 0 Å². The predicted molar refractivity (Wildman–Crippen MR) is 92.0 cm³/mol. The molecule has 2 aromatic heterocycles. The van der Waals surface area contributed by atoms with E-state index >= 15 is 0 Å². The first-order chi connectivity index (χ1) is 11.1. The summed E-state index contributed by atoms with van der Waals surface area (Å²) < 4.78 is 5.37. The maximum atomic E-state index is 10.8. The van der Waals surface area contributed by atoms with Gasteiger partial charge < -0.3 is 9.63 Å². The molecule has 0 radical (unpaired) electrons. The molecule has 0 aliphatic rings. The lowest BCUT2D eigenvalue weighted by atomic mass is 10.00. The number of benzene rings is 1. The van der Waals surface area contributed by atoms with Crippen molar-refractivity contribution in [1.82, 2.24) is 10.1 Å². The van der Waals surface area contributed by atoms with Gasteiger partial charge in [0, 0.05) is 23.5 Å². The monoisotopic (exact) mass is 366 g/mol. The molecule has 0 bridgehead atoms. The first kappa shape index (κ1) is 16.3. The van der Waals surface area contributed by atoms with E-state index < -0.39 is 6.10 Å². The molecular formula is C16H12Cl2N2O2S. The minimum absolute atomic E-state index is 0.432. The topological polar surface area (TPSA) is 59.2 Å². The lowest BCUT2D eigenvalue weighted by Crippen LogP contribution is -2.02. The van der Waals surface area contributed by atoms with E-state index in [9.17, 15) is 5.11 Å². The molecule has 1 unspecified atom stereocenters. The maximum absolute atomic E-state index is 10.8. The highest BCUT2D eigenvalue weighted by Gasteiger charge is 2.27. The molecule has 0 saturated heterocycles. The number of thioether (sulfide) groups is 1. The quantitative estimate of drug-likeness (QED) is 0.668. The van der Waals surface area contributed by atoms with Crippen LogP contribution >= 0.6 is 35.0 Å². The average molecular weight is 367 g/mol. The number of nitrogens with zero attached hydrogens (tertiary/aromatic N) is 2. The Morgan fingerprint density at radius 1 is 1.17 bits per heavy atom. The minimum Gasteiger partial charge on any atom is -0.383 e. The smallest absolute Gasteiger partial charge is 0.199 e. The van der Waals surface area contributed by atoms with Crippen molar-refractivity contribution in [2.24, 2.45) is 0 Å². The van der Waals surface area contributed by atoms with E-state index in [-0.39, 0.29) is 0 Å². The van der Waals surface area contributed by atoms with Crippen molar-refractivity contribution >= 4 is 35.0 Å². The number of hydrogen-bond donors (Lipinski definition) is 1. The van der Waals surface area contributed by atoms with Crippen LogP contribution in [0.25, 0.3) is 11.3 Å². The van der Waals surface area contributed by atoms with E-state index in [1.807, 2.05) is 6.26 Å². The van der Waals surface area contributed by atoms with E-state index in [2.05, 4.69) is 10.1 Å². The second-order valence-electron chi connectivity index (χ2n) is 4.72. The lowest BCUT2D eigenvalue weighted by molar-refractivity contribution is 0.212. The van der Waals surface area contributed by atoms with Gasteiger partial charge in [-0.15, -0.1) is 0 Å². The first-order valence-corrected chi connectivity index (χ1v) is 8.67. The Balaban J connectivity index is 2.19. The van der Waals surface area contributed by atoms with Crippen molar-refractivity contribution in [2.75, 3.05) is 6.26 Å². The second-order valence-corrected chi connectivity index (χ2v) is 6.32. The summed E-state index contributed by atoms with van der Waals surface area (Å²) in [6.45, 7) is 0. The van der Waals surface area contributed by atoms with Gasteiger partial charge in [0.25, 0.3) is 0 Å². The van der Waals surface area contributed by atoms with Gasteiger partial charge in [0.15, 0.2) is 5.09 Å². The Morgan fingerprint density at radius 3 is 2.52 bits per heavy atom. The molecule has 1 atom stereocenters. The Bertz CT molecular complexity index is 804. The molecule has 1 aromatic carbocycles. The number of rotatable bonds is 4. The zero-order valence-electron chi connectivity index (χ0n) is 12.0. The summed E-state index contributed by atoms with van der Waals surface area (Å²) in [4.78, 5) is 4.04. The van der Waals surface area contributed by atoms with Crippen LogP contribution in [0.4, 0.5) is 0 Å². The Labute approximate surface area is 147 Å². The van der Waals surface area contributed by atoms with Gasteiger partial charge in [0.1, 0.15) is 11.8 Å². The molecule has 3 aromatic rings. The second kappa shape index (κ2) is 6.93. The molecule has 4 nitrogen and oxygen atoms in total. The van der Waals surface area contributed by atoms with Gasteiger partial charge in [-0.1, -0.05) is 52.3 Å². The molecule has 23 heavy (non-hydrogen) atoms. The number of aliphatic hydroxyl groups is 1. The summed E-state index contributed by atoms with van der Waals surface area (Å²) in [5, 5.41) is 16.2. The van der Waals surface area contributed by atoms with Crippen LogP contribution in [0.2, 0.25) is 10.0 Å². The third kappa shape index (κ3) is 3.10. The van der Waals surface area contributed by atoms with E-state index in [1.165, 1.54) is 11.8 Å². The predicted octanol–water partition coefficient (Wildman–Crippen LogP) is 4.85. The molecule has 118 valence electrons. The Hall–Kier alpha value is -1.53. The van der Waals surface area contributed by atoms with E-state index in [0.717, 1.165) is 0 Å². The van der Waals surface area contributed by atoms with E-state index in [4.69, 9.17) is 27.7 Å². The van der Waals surface area contributed by atoms with Gasteiger partial charge in [-0.2, -0.15) is 0 Å². The molecule has 0 fully saturated rings. The van der Waals surface area contributed by atoms with Crippen molar-refractivity contribution in [2.45, 2.75) is 11.2 Å². The van der Waals surface area contributed by atoms with E-state index in [1.54, 1.807) is 42.7 Å². The number of aromatic nitrogens is 2. The largest absolute Gasteiger partial charge is 0.383 e. The van der Waals surface area contributed by atoms with Crippen molar-refractivity contribution in [3.63, 3.8) is 0 Å². The van der Waals surface area contributed by atoms with Crippen molar-refractivity contribution in [3.8, 4) is 11.3 Å². The minimum atomic E-state index is -0.945. The van der Waals surface area contributed by atoms with Gasteiger partial charge in [-0.3, -0.25) is 4.98 Å². The number of pyridine rings is 1. The lowest BCUT2D eigenvalue weighted by Gasteiger charge is -2.12. The van der Waals surface area contributed by atoms with Gasteiger partial charge in [0.05, 0.1) is 15.6 Å². The molecule has 0 amide bonds. The standard InChI is InChI=1S/C16H12Cl2N2O2S/c1-23-16-13(15(21)9-4-3-7-19-8-9)14(20-22-16)12-10(17)5-2-6-11(12)18/h2-8,15,21H,1H3. The molecule has 7 heteroatoms. The normalized spacial score (nSPS) is 12.3. The van der Waals surface area contributed by atoms with Crippen molar-refractivity contribution in [1.29, 1.82) is 0 Å². The summed E-state index contributed by atoms with van der Waals surface area (Å²) in [6.07, 6.45) is 4.14. The SMILES string of the molecule is CSc1onc(-c2c(Cl)cccc2Cl)c1C(O)c1cccnc1. The van der Waals surface area contributed by atoms with Crippen molar-refractivity contribution in [3.05, 3.63) is 63.9 Å². The number of aliphatic hydroxyl groups excluding tert-OH is 1. The van der Waals surface area contributed by atoms with Crippen LogP contribution in [0.3, 0.4) is 0 Å². The fourth-order valence-corrected chi connectivity index (χ4v) is 3.40. The average Bonchev–Trinajstić information content (AvgIpc) is 2.98. The molecule has 3 rings (SSSR count). The van der Waals surface area contributed by atoms with E-state index in [0.29, 0.717) is 37.5 Å². The molecular weight excluding hydrogens is 355 g/mol. The van der Waals surface area contributed by atoms with Crippen LogP contribution in [-0.2, 0) is 0 Å². The highest BCUT2D eigenvalue weighted by molar-refractivity contribution is 7.98. The van der Waals surface area contributed by atoms with Crippen LogP contribution in [-0.4, -0.2) is 21.5 Å². The fourth-order valence-electron chi connectivity index (χ4n) is 2.28. The van der Waals surface area contributed by atoms with Crippen molar-refractivity contribution < 1.29 is 9.63 Å². The zero-order valence-corrected chi connectivity index (χ0v) is 14.4. The van der Waals surface area contributed by atoms with Crippen LogP contribution in [0.1, 0.15) is 17.2 Å². The molecule has 1 N–H and O–H groups in total. The molecule has 0 spiro atoms. The van der Waals surface area contributed by atoms with Crippen LogP contribution < -0.4 is 0 Å².